The molecule has 2 heterocycles. The second-order valence-corrected chi connectivity index (χ2v) is 9.76. The van der Waals surface area contributed by atoms with Crippen molar-refractivity contribution in [1.82, 2.24) is 15.6 Å². The third-order valence-corrected chi connectivity index (χ3v) is 6.75. The highest BCUT2D eigenvalue weighted by Crippen LogP contribution is 2.14. The van der Waals surface area contributed by atoms with Gasteiger partial charge in [-0.05, 0) is 25.0 Å². The molecule has 1 amide bonds. The standard InChI is InChI=1S/C27H47N5O4/c33-27(25-16-17-26(30-24-25)31-21-19-28-20-22-31)29-18-14-12-10-8-6-4-2-1-3-5-7-9-11-13-15-23-36-32(34)35/h16-17,24,28H,1-15,18-23H2,(H,29,33). The minimum absolute atomic E-state index is 0.0309. The summed E-state index contributed by atoms with van der Waals surface area (Å²) in [5, 5.41) is 15.7. The Morgan fingerprint density at radius 1 is 0.889 bits per heavy atom. The zero-order valence-electron chi connectivity index (χ0n) is 22.1. The topological polar surface area (TPSA) is 110 Å². The van der Waals surface area contributed by atoms with Gasteiger partial charge in [-0.25, -0.2) is 4.98 Å². The molecule has 1 saturated heterocycles. The first kappa shape index (κ1) is 29.8. The highest BCUT2D eigenvalue weighted by Gasteiger charge is 2.12. The monoisotopic (exact) mass is 505 g/mol. The van der Waals surface area contributed by atoms with E-state index in [2.05, 4.69) is 25.4 Å². The first-order valence-electron chi connectivity index (χ1n) is 14.1. The maximum atomic E-state index is 12.3. The van der Waals surface area contributed by atoms with E-state index in [0.29, 0.717) is 5.56 Å². The summed E-state index contributed by atoms with van der Waals surface area (Å²) in [6.07, 6.45) is 19.7. The molecule has 0 aromatic carbocycles. The highest BCUT2D eigenvalue weighted by atomic mass is 16.9. The Hall–Kier alpha value is -2.42. The zero-order valence-corrected chi connectivity index (χ0v) is 22.1. The molecular weight excluding hydrogens is 458 g/mol. The zero-order chi connectivity index (χ0) is 25.7. The average Bonchev–Trinajstić information content (AvgIpc) is 2.90. The second kappa shape index (κ2) is 19.7. The highest BCUT2D eigenvalue weighted by molar-refractivity contribution is 5.94. The summed E-state index contributed by atoms with van der Waals surface area (Å²) in [7, 11) is 0. The minimum Gasteiger partial charge on any atom is -0.354 e. The molecule has 0 spiro atoms. The Kier molecular flexibility index (Phi) is 16.3. The van der Waals surface area contributed by atoms with Crippen molar-refractivity contribution in [3.63, 3.8) is 0 Å². The van der Waals surface area contributed by atoms with Crippen molar-refractivity contribution in [2.45, 2.75) is 96.3 Å². The number of carbonyl (C=O) groups excluding carboxylic acids is 1. The molecule has 0 radical (unpaired) electrons. The van der Waals surface area contributed by atoms with Gasteiger partial charge in [0.15, 0.2) is 0 Å². The lowest BCUT2D eigenvalue weighted by molar-refractivity contribution is -0.757. The van der Waals surface area contributed by atoms with Gasteiger partial charge in [0.05, 0.1) is 12.2 Å². The quantitative estimate of drug-likeness (QED) is 0.133. The van der Waals surface area contributed by atoms with E-state index < -0.39 is 5.09 Å². The summed E-state index contributed by atoms with van der Waals surface area (Å²) in [6, 6.07) is 3.82. The van der Waals surface area contributed by atoms with Gasteiger partial charge < -0.3 is 20.4 Å². The van der Waals surface area contributed by atoms with Crippen LogP contribution in [-0.2, 0) is 4.84 Å². The molecule has 1 aromatic heterocycles. The predicted molar refractivity (Wildman–Crippen MR) is 144 cm³/mol. The molecule has 1 aromatic rings. The molecule has 9 heteroatoms. The fourth-order valence-corrected chi connectivity index (χ4v) is 4.57. The number of unbranched alkanes of at least 4 members (excludes halogenated alkanes) is 14. The largest absolute Gasteiger partial charge is 0.354 e. The predicted octanol–water partition coefficient (Wildman–Crippen LogP) is 5.28. The Morgan fingerprint density at radius 2 is 1.42 bits per heavy atom. The smallest absolute Gasteiger partial charge is 0.294 e. The second-order valence-electron chi connectivity index (χ2n) is 9.76. The Morgan fingerprint density at radius 3 is 1.92 bits per heavy atom. The van der Waals surface area contributed by atoms with Crippen LogP contribution in [0.2, 0.25) is 0 Å². The molecule has 1 aliphatic heterocycles. The van der Waals surface area contributed by atoms with Crippen molar-refractivity contribution in [2.24, 2.45) is 0 Å². The maximum absolute atomic E-state index is 12.3. The normalized spacial score (nSPS) is 13.5. The summed E-state index contributed by atoms with van der Waals surface area (Å²) in [6.45, 7) is 4.81. The van der Waals surface area contributed by atoms with E-state index in [1.807, 2.05) is 12.1 Å². The summed E-state index contributed by atoms with van der Waals surface area (Å²) in [5.74, 6) is 0.914. The third-order valence-electron chi connectivity index (χ3n) is 6.75. The Balaban J connectivity index is 1.32. The van der Waals surface area contributed by atoms with Gasteiger partial charge in [-0.2, -0.15) is 0 Å². The molecule has 0 unspecified atom stereocenters. The SMILES string of the molecule is O=C(NCCCCCCCCCCCCCCCCCO[N+](=O)[O-])c1ccc(N2CCNCC2)nc1. The van der Waals surface area contributed by atoms with Crippen LogP contribution in [0.3, 0.4) is 0 Å². The van der Waals surface area contributed by atoms with Crippen LogP contribution in [0.1, 0.15) is 107 Å². The molecule has 0 bridgehead atoms. The number of hydrogen-bond acceptors (Lipinski definition) is 7. The molecule has 204 valence electrons. The van der Waals surface area contributed by atoms with Gasteiger partial charge in [-0.15, -0.1) is 10.1 Å². The van der Waals surface area contributed by atoms with Gasteiger partial charge in [0.25, 0.3) is 11.0 Å². The van der Waals surface area contributed by atoms with Crippen LogP contribution >= 0.6 is 0 Å². The van der Waals surface area contributed by atoms with E-state index in [4.69, 9.17) is 0 Å². The lowest BCUT2D eigenvalue weighted by atomic mass is 10.0. The van der Waals surface area contributed by atoms with E-state index in [0.717, 1.165) is 64.2 Å². The van der Waals surface area contributed by atoms with Crippen LogP contribution in [0.25, 0.3) is 0 Å². The number of amides is 1. The van der Waals surface area contributed by atoms with E-state index >= 15 is 0 Å². The minimum atomic E-state index is -0.712. The number of rotatable bonds is 21. The molecule has 1 aliphatic rings. The van der Waals surface area contributed by atoms with Crippen LogP contribution < -0.4 is 15.5 Å². The number of nitrogens with one attached hydrogen (secondary N) is 2. The van der Waals surface area contributed by atoms with Gasteiger partial charge in [0.1, 0.15) is 5.82 Å². The van der Waals surface area contributed by atoms with Crippen molar-refractivity contribution in [3.05, 3.63) is 34.0 Å². The van der Waals surface area contributed by atoms with Gasteiger partial charge in [0, 0.05) is 38.9 Å². The van der Waals surface area contributed by atoms with Gasteiger partial charge >= 0.3 is 0 Å². The van der Waals surface area contributed by atoms with Gasteiger partial charge in [0.2, 0.25) is 0 Å². The van der Waals surface area contributed by atoms with Crippen molar-refractivity contribution in [2.75, 3.05) is 44.2 Å². The average molecular weight is 506 g/mol. The van der Waals surface area contributed by atoms with Crippen LogP contribution in [0.15, 0.2) is 18.3 Å². The fraction of sp³-hybridized carbons (Fsp3) is 0.778. The lowest BCUT2D eigenvalue weighted by Crippen LogP contribution is -2.43. The van der Waals surface area contributed by atoms with E-state index in [-0.39, 0.29) is 12.5 Å². The lowest BCUT2D eigenvalue weighted by Gasteiger charge is -2.28. The summed E-state index contributed by atoms with van der Waals surface area (Å²) in [4.78, 5) is 33.4. The van der Waals surface area contributed by atoms with Crippen molar-refractivity contribution in [3.8, 4) is 0 Å². The number of anilines is 1. The van der Waals surface area contributed by atoms with Crippen molar-refractivity contribution < 1.29 is 14.7 Å². The van der Waals surface area contributed by atoms with Crippen molar-refractivity contribution >= 4 is 11.7 Å². The number of carbonyl (C=O) groups is 1. The Bertz CT molecular complexity index is 711. The molecular formula is C27H47N5O4. The molecule has 0 atom stereocenters. The summed E-state index contributed by atoms with van der Waals surface area (Å²) < 4.78 is 0. The van der Waals surface area contributed by atoms with E-state index in [9.17, 15) is 14.9 Å². The first-order chi connectivity index (χ1) is 17.7. The van der Waals surface area contributed by atoms with E-state index in [1.54, 1.807) is 6.20 Å². The maximum Gasteiger partial charge on any atom is 0.294 e. The fourth-order valence-electron chi connectivity index (χ4n) is 4.57. The third kappa shape index (κ3) is 14.2. The molecule has 1 fully saturated rings. The molecule has 0 aliphatic carbocycles. The Labute approximate surface area is 216 Å². The van der Waals surface area contributed by atoms with E-state index in [1.165, 1.54) is 70.6 Å². The van der Waals surface area contributed by atoms with Crippen molar-refractivity contribution in [1.29, 1.82) is 0 Å². The summed E-state index contributed by atoms with van der Waals surface area (Å²) in [5.41, 5.74) is 0.634. The number of piperazine rings is 1. The number of pyridine rings is 1. The van der Waals surface area contributed by atoms with Crippen LogP contribution in [0.4, 0.5) is 5.82 Å². The molecule has 9 nitrogen and oxygen atoms in total. The molecule has 2 rings (SSSR count). The van der Waals surface area contributed by atoms with Gasteiger partial charge in [-0.3, -0.25) is 4.79 Å². The van der Waals surface area contributed by atoms with Crippen LogP contribution in [0.5, 0.6) is 0 Å². The van der Waals surface area contributed by atoms with Crippen LogP contribution in [0, 0.1) is 10.1 Å². The number of hydrogen-bond donors (Lipinski definition) is 2. The van der Waals surface area contributed by atoms with Crippen LogP contribution in [-0.4, -0.2) is 55.3 Å². The molecule has 36 heavy (non-hydrogen) atoms. The number of nitrogens with zero attached hydrogens (tertiary/aromatic N) is 3. The first-order valence-corrected chi connectivity index (χ1v) is 14.1. The number of aromatic nitrogens is 1. The molecule has 0 saturated carbocycles. The molecule has 2 N–H and O–H groups in total. The summed E-state index contributed by atoms with van der Waals surface area (Å²) >= 11 is 0. The van der Waals surface area contributed by atoms with Gasteiger partial charge in [-0.1, -0.05) is 83.5 Å².